The highest BCUT2D eigenvalue weighted by molar-refractivity contribution is 7.98. The van der Waals surface area contributed by atoms with Gasteiger partial charge in [0.15, 0.2) is 0 Å². The van der Waals surface area contributed by atoms with Crippen LogP contribution in [-0.4, -0.2) is 41.9 Å². The Morgan fingerprint density at radius 1 is 0.971 bits per heavy atom. The normalized spacial score (nSPS) is 23.8. The van der Waals surface area contributed by atoms with E-state index >= 15 is 0 Å². The number of carbonyl (C=O) groups is 1. The molecule has 0 aliphatic carbocycles. The van der Waals surface area contributed by atoms with Crippen LogP contribution in [0.15, 0.2) is 77.7 Å². The Bertz CT molecular complexity index is 1150. The number of phenols is 1. The molecular formula is C27H29N3O3S. The van der Waals surface area contributed by atoms with Crippen LogP contribution in [0.4, 0.5) is 0 Å². The molecule has 1 amide bonds. The molecule has 176 valence electrons. The van der Waals surface area contributed by atoms with Gasteiger partial charge >= 0.3 is 0 Å². The summed E-state index contributed by atoms with van der Waals surface area (Å²) in [6.45, 7) is 0.613. The number of likely N-dealkylation sites (tertiary alicyclic amines) is 1. The summed E-state index contributed by atoms with van der Waals surface area (Å²) in [4.78, 5) is 16.8. The third-order valence-electron chi connectivity index (χ3n) is 6.94. The van der Waals surface area contributed by atoms with E-state index in [1.54, 1.807) is 24.9 Å². The van der Waals surface area contributed by atoms with Gasteiger partial charge < -0.3 is 14.7 Å². The van der Waals surface area contributed by atoms with Crippen LogP contribution < -0.4 is 15.6 Å². The largest absolute Gasteiger partial charge is 0.508 e. The topological polar surface area (TPSA) is 73.8 Å². The van der Waals surface area contributed by atoms with Crippen molar-refractivity contribution < 1.29 is 14.6 Å². The van der Waals surface area contributed by atoms with Gasteiger partial charge in [0.2, 0.25) is 5.91 Å². The van der Waals surface area contributed by atoms with Gasteiger partial charge in [-0.3, -0.25) is 4.79 Å². The molecule has 2 fully saturated rings. The zero-order valence-electron chi connectivity index (χ0n) is 19.3. The summed E-state index contributed by atoms with van der Waals surface area (Å²) < 4.78 is 5.27. The fraction of sp³-hybridized carbons (Fsp3) is 0.296. The van der Waals surface area contributed by atoms with Crippen LogP contribution in [0.3, 0.4) is 0 Å². The highest BCUT2D eigenvalue weighted by atomic mass is 32.2. The van der Waals surface area contributed by atoms with E-state index in [4.69, 9.17) is 4.74 Å². The number of hydrogen-bond acceptors (Lipinski definition) is 6. The molecule has 3 aromatic carbocycles. The van der Waals surface area contributed by atoms with Crippen LogP contribution in [0.25, 0.3) is 0 Å². The first-order valence-electron chi connectivity index (χ1n) is 11.5. The summed E-state index contributed by atoms with van der Waals surface area (Å²) in [6, 6.07) is 23.2. The Hall–Kier alpha value is -3.00. The minimum absolute atomic E-state index is 0.0585. The summed E-state index contributed by atoms with van der Waals surface area (Å²) in [7, 11) is 1.66. The molecule has 0 radical (unpaired) electrons. The summed E-state index contributed by atoms with van der Waals surface area (Å²) in [5.74, 6) is 1.09. The van der Waals surface area contributed by atoms with E-state index in [2.05, 4.69) is 41.4 Å². The van der Waals surface area contributed by atoms with E-state index in [-0.39, 0.29) is 35.7 Å². The average molecular weight is 476 g/mol. The van der Waals surface area contributed by atoms with Crippen LogP contribution in [0.5, 0.6) is 11.5 Å². The van der Waals surface area contributed by atoms with Crippen LogP contribution in [0.1, 0.15) is 28.8 Å². The third-order valence-corrected chi connectivity index (χ3v) is 7.69. The second-order valence-electron chi connectivity index (χ2n) is 8.73. The van der Waals surface area contributed by atoms with Crippen molar-refractivity contribution in [2.75, 3.05) is 19.9 Å². The number of phenolic OH excluding ortho intramolecular Hbond substituents is 1. The second-order valence-corrected chi connectivity index (χ2v) is 9.61. The van der Waals surface area contributed by atoms with Crippen molar-refractivity contribution in [3.8, 4) is 11.5 Å². The molecule has 0 spiro atoms. The number of benzene rings is 3. The number of thioether (sulfide) groups is 1. The molecule has 6 nitrogen and oxygen atoms in total. The average Bonchev–Trinajstić information content (AvgIpc) is 3.42. The van der Waals surface area contributed by atoms with Crippen molar-refractivity contribution in [3.05, 3.63) is 89.5 Å². The number of methoxy groups -OCH3 is 1. The van der Waals surface area contributed by atoms with Gasteiger partial charge in [-0.15, -0.1) is 11.8 Å². The monoisotopic (exact) mass is 475 g/mol. The zero-order chi connectivity index (χ0) is 23.7. The lowest BCUT2D eigenvalue weighted by molar-refractivity contribution is -0.130. The van der Waals surface area contributed by atoms with E-state index in [1.165, 1.54) is 4.90 Å². The zero-order valence-corrected chi connectivity index (χ0v) is 20.1. The lowest BCUT2D eigenvalue weighted by Crippen LogP contribution is -2.42. The number of nitrogens with zero attached hydrogens (tertiary/aromatic N) is 1. The molecule has 34 heavy (non-hydrogen) atoms. The van der Waals surface area contributed by atoms with Crippen molar-refractivity contribution >= 4 is 17.7 Å². The molecule has 3 aromatic rings. The fourth-order valence-corrected chi connectivity index (χ4v) is 5.62. The lowest BCUT2D eigenvalue weighted by atomic mass is 9.83. The van der Waals surface area contributed by atoms with Gasteiger partial charge in [-0.1, -0.05) is 42.5 Å². The second kappa shape index (κ2) is 9.70. The molecule has 2 heterocycles. The van der Waals surface area contributed by atoms with Gasteiger partial charge in [-0.05, 0) is 54.1 Å². The van der Waals surface area contributed by atoms with Crippen LogP contribution in [0, 0.1) is 5.92 Å². The number of para-hydroxylation sites is 1. The first kappa shape index (κ1) is 22.8. The summed E-state index contributed by atoms with van der Waals surface area (Å²) >= 11 is 1.70. The van der Waals surface area contributed by atoms with Crippen molar-refractivity contribution in [2.24, 2.45) is 5.92 Å². The number of nitrogens with one attached hydrogen (secondary N) is 2. The Morgan fingerprint density at radius 3 is 2.35 bits per heavy atom. The number of hydrogen-bond donors (Lipinski definition) is 3. The van der Waals surface area contributed by atoms with Crippen LogP contribution in [0.2, 0.25) is 0 Å². The number of hydrazine groups is 1. The highest BCUT2D eigenvalue weighted by Gasteiger charge is 2.55. The molecule has 4 unspecified atom stereocenters. The standard InChI is InChI=1S/C27H29N3O3S/c1-33-19-11-7-17(8-12-19)15-16-30-26(18-9-13-20(34-2)14-10-18)23-24(28-29-25(23)27(30)32)21-5-3-4-6-22(21)31/h3-14,23-26,28-29,31H,15-16H2,1-2H3. The van der Waals surface area contributed by atoms with Crippen molar-refractivity contribution in [3.63, 3.8) is 0 Å². The quantitative estimate of drug-likeness (QED) is 0.447. The minimum Gasteiger partial charge on any atom is -0.508 e. The van der Waals surface area contributed by atoms with Crippen LogP contribution >= 0.6 is 11.8 Å². The third kappa shape index (κ3) is 4.15. The van der Waals surface area contributed by atoms with Gasteiger partial charge in [0, 0.05) is 22.9 Å². The van der Waals surface area contributed by atoms with Gasteiger partial charge in [0.05, 0.1) is 19.2 Å². The van der Waals surface area contributed by atoms with Crippen molar-refractivity contribution in [1.29, 1.82) is 0 Å². The molecule has 2 aliphatic rings. The van der Waals surface area contributed by atoms with E-state index in [9.17, 15) is 9.90 Å². The molecule has 3 N–H and O–H groups in total. The van der Waals surface area contributed by atoms with E-state index in [0.717, 1.165) is 28.9 Å². The predicted octanol–water partition coefficient (Wildman–Crippen LogP) is 4.08. The Morgan fingerprint density at radius 2 is 1.68 bits per heavy atom. The summed E-state index contributed by atoms with van der Waals surface area (Å²) in [5.41, 5.74) is 9.61. The number of carbonyl (C=O) groups excluding carboxylic acids is 1. The Kier molecular flexibility index (Phi) is 6.50. The molecular weight excluding hydrogens is 446 g/mol. The molecule has 7 heteroatoms. The van der Waals surface area contributed by atoms with Crippen LogP contribution in [-0.2, 0) is 11.2 Å². The fourth-order valence-electron chi connectivity index (χ4n) is 5.21. The summed E-state index contributed by atoms with van der Waals surface area (Å²) in [6.07, 6.45) is 2.81. The number of amides is 1. The van der Waals surface area contributed by atoms with E-state index < -0.39 is 0 Å². The Labute approximate surface area is 204 Å². The van der Waals surface area contributed by atoms with Crippen molar-refractivity contribution in [1.82, 2.24) is 15.8 Å². The number of fused-ring (bicyclic) bond motifs is 1. The van der Waals surface area contributed by atoms with Gasteiger partial charge in [-0.25, -0.2) is 10.9 Å². The first-order chi connectivity index (χ1) is 16.6. The van der Waals surface area contributed by atoms with Crippen molar-refractivity contribution in [2.45, 2.75) is 29.4 Å². The molecule has 2 saturated heterocycles. The summed E-state index contributed by atoms with van der Waals surface area (Å²) in [5, 5.41) is 10.6. The van der Waals surface area contributed by atoms with E-state index in [0.29, 0.717) is 6.54 Å². The minimum atomic E-state index is -0.356. The predicted molar refractivity (Wildman–Crippen MR) is 134 cm³/mol. The Balaban J connectivity index is 1.48. The maximum atomic E-state index is 13.6. The smallest absolute Gasteiger partial charge is 0.242 e. The maximum absolute atomic E-state index is 13.6. The van der Waals surface area contributed by atoms with Gasteiger partial charge in [0.25, 0.3) is 0 Å². The molecule has 0 saturated carbocycles. The van der Waals surface area contributed by atoms with Gasteiger partial charge in [-0.2, -0.15) is 0 Å². The molecule has 5 rings (SSSR count). The maximum Gasteiger partial charge on any atom is 0.242 e. The number of aromatic hydroxyl groups is 1. The molecule has 4 atom stereocenters. The number of rotatable bonds is 7. The van der Waals surface area contributed by atoms with E-state index in [1.807, 2.05) is 47.4 Å². The lowest BCUT2D eigenvalue weighted by Gasteiger charge is -2.31. The van der Waals surface area contributed by atoms with Gasteiger partial charge in [0.1, 0.15) is 17.5 Å². The first-order valence-corrected chi connectivity index (χ1v) is 12.7. The highest BCUT2D eigenvalue weighted by Crippen LogP contribution is 2.48. The molecule has 0 aromatic heterocycles. The number of ether oxygens (including phenoxy) is 1. The molecule has 2 aliphatic heterocycles. The SMILES string of the molecule is COc1ccc(CCN2C(=O)C3NNC(c4ccccc4O)C3C2c2ccc(SC)cc2)cc1. The molecule has 0 bridgehead atoms.